The summed E-state index contributed by atoms with van der Waals surface area (Å²) in [5, 5.41) is 0. The van der Waals surface area contributed by atoms with Gasteiger partial charge in [-0.05, 0) is 21.0 Å². The molecule has 1 rings (SSSR count). The van der Waals surface area contributed by atoms with Crippen molar-refractivity contribution in [2.45, 2.75) is 19.5 Å². The smallest absolute Gasteiger partial charge is 0.272 e. The number of rotatable bonds is 4. The van der Waals surface area contributed by atoms with Gasteiger partial charge in [0.05, 0.1) is 12.7 Å². The van der Waals surface area contributed by atoms with E-state index < -0.39 is 6.48 Å². The van der Waals surface area contributed by atoms with E-state index in [0.29, 0.717) is 13.2 Å². The van der Waals surface area contributed by atoms with Crippen molar-refractivity contribution < 1.29 is 14.2 Å². The third-order valence-corrected chi connectivity index (χ3v) is 1.59. The van der Waals surface area contributed by atoms with Gasteiger partial charge < -0.3 is 19.1 Å². The Bertz CT molecular complexity index is 129. The fraction of sp³-hybridized carbons (Fsp3) is 1.00. The number of nitrogens with zero attached hydrogens (tertiary/aromatic N) is 1. The van der Waals surface area contributed by atoms with Gasteiger partial charge in [-0.3, -0.25) is 0 Å². The predicted octanol–water partition coefficient (Wildman–Crippen LogP) is 0.283. The molecule has 2 unspecified atom stereocenters. The highest BCUT2D eigenvalue weighted by atomic mass is 16.9. The van der Waals surface area contributed by atoms with E-state index in [1.165, 1.54) is 0 Å². The van der Waals surface area contributed by atoms with Crippen LogP contribution in [0.4, 0.5) is 0 Å². The highest BCUT2D eigenvalue weighted by Crippen LogP contribution is 2.12. The first kappa shape index (κ1) is 9.92. The third-order valence-electron chi connectivity index (χ3n) is 1.59. The van der Waals surface area contributed by atoms with Gasteiger partial charge in [-0.15, -0.1) is 0 Å². The summed E-state index contributed by atoms with van der Waals surface area (Å²) in [6, 6.07) is 0. The molecule has 0 amide bonds. The lowest BCUT2D eigenvalue weighted by Gasteiger charge is -2.14. The molecule has 0 radical (unpaired) electrons. The van der Waals surface area contributed by atoms with Gasteiger partial charge in [0.25, 0.3) is 6.48 Å². The van der Waals surface area contributed by atoms with Crippen LogP contribution >= 0.6 is 0 Å². The maximum atomic E-state index is 5.43. The molecule has 0 aromatic heterocycles. The van der Waals surface area contributed by atoms with Crippen LogP contribution in [0.15, 0.2) is 0 Å². The summed E-state index contributed by atoms with van der Waals surface area (Å²) in [6.07, 6.45) is 0.150. The molecule has 1 aliphatic rings. The fourth-order valence-electron chi connectivity index (χ4n) is 1.15. The molecule has 72 valence electrons. The van der Waals surface area contributed by atoms with Gasteiger partial charge in [0.2, 0.25) is 0 Å². The molecule has 4 nitrogen and oxygen atoms in total. The van der Waals surface area contributed by atoms with Crippen molar-refractivity contribution in [2.75, 3.05) is 33.9 Å². The Morgan fingerprint density at radius 2 is 2.25 bits per heavy atom. The van der Waals surface area contributed by atoms with Crippen LogP contribution in [0.25, 0.3) is 0 Å². The second kappa shape index (κ2) is 4.77. The zero-order valence-electron chi connectivity index (χ0n) is 7.95. The molecule has 0 spiro atoms. The van der Waals surface area contributed by atoms with E-state index in [4.69, 9.17) is 14.2 Å². The normalized spacial score (nSPS) is 30.0. The van der Waals surface area contributed by atoms with E-state index in [0.717, 1.165) is 6.54 Å². The SMILES string of the molecule is CCOC1OCC(CN(C)C)O1. The molecule has 1 heterocycles. The maximum Gasteiger partial charge on any atom is 0.272 e. The summed E-state index contributed by atoms with van der Waals surface area (Å²) < 4.78 is 15.8. The first-order valence-corrected chi connectivity index (χ1v) is 4.25. The molecule has 1 fully saturated rings. The molecule has 0 aromatic rings. The van der Waals surface area contributed by atoms with Gasteiger partial charge >= 0.3 is 0 Å². The summed E-state index contributed by atoms with van der Waals surface area (Å²) in [5.74, 6) is 0. The van der Waals surface area contributed by atoms with Crippen molar-refractivity contribution in [1.82, 2.24) is 4.90 Å². The number of hydrogen-bond acceptors (Lipinski definition) is 4. The molecule has 0 aliphatic carbocycles. The van der Waals surface area contributed by atoms with Gasteiger partial charge in [-0.1, -0.05) is 0 Å². The minimum absolute atomic E-state index is 0.150. The zero-order valence-corrected chi connectivity index (χ0v) is 7.95. The van der Waals surface area contributed by atoms with Crippen LogP contribution in [0, 0.1) is 0 Å². The molecule has 1 aliphatic heterocycles. The first-order valence-electron chi connectivity index (χ1n) is 4.25. The molecule has 4 heteroatoms. The van der Waals surface area contributed by atoms with E-state index in [-0.39, 0.29) is 6.10 Å². The van der Waals surface area contributed by atoms with Crippen LogP contribution in [0.2, 0.25) is 0 Å². The average Bonchev–Trinajstić information content (AvgIpc) is 2.36. The monoisotopic (exact) mass is 175 g/mol. The van der Waals surface area contributed by atoms with E-state index in [1.807, 2.05) is 21.0 Å². The molecule has 0 bridgehead atoms. The lowest BCUT2D eigenvalue weighted by atomic mass is 10.4. The van der Waals surface area contributed by atoms with Crippen molar-refractivity contribution in [3.8, 4) is 0 Å². The Kier molecular flexibility index (Phi) is 3.94. The third kappa shape index (κ3) is 3.06. The highest BCUT2D eigenvalue weighted by molar-refractivity contribution is 4.64. The summed E-state index contributed by atoms with van der Waals surface area (Å²) in [6.45, 7) is 3.61. The topological polar surface area (TPSA) is 30.9 Å². The fourth-order valence-corrected chi connectivity index (χ4v) is 1.15. The summed E-state index contributed by atoms with van der Waals surface area (Å²) in [5.41, 5.74) is 0. The molecule has 0 aromatic carbocycles. The summed E-state index contributed by atoms with van der Waals surface area (Å²) in [4.78, 5) is 2.07. The summed E-state index contributed by atoms with van der Waals surface area (Å²) in [7, 11) is 4.02. The number of hydrogen-bond donors (Lipinski definition) is 0. The highest BCUT2D eigenvalue weighted by Gasteiger charge is 2.26. The van der Waals surface area contributed by atoms with Crippen LogP contribution in [0.5, 0.6) is 0 Å². The van der Waals surface area contributed by atoms with Gasteiger partial charge in [0.1, 0.15) is 0 Å². The Balaban J connectivity index is 2.16. The van der Waals surface area contributed by atoms with E-state index in [1.54, 1.807) is 0 Å². The van der Waals surface area contributed by atoms with Gasteiger partial charge in [-0.25, -0.2) is 0 Å². The lowest BCUT2D eigenvalue weighted by Crippen LogP contribution is -2.28. The van der Waals surface area contributed by atoms with Crippen LogP contribution < -0.4 is 0 Å². The molecule has 0 saturated carbocycles. The molecular weight excluding hydrogens is 158 g/mol. The molecule has 12 heavy (non-hydrogen) atoms. The molecule has 2 atom stereocenters. The quantitative estimate of drug-likeness (QED) is 0.614. The number of likely N-dealkylation sites (N-methyl/N-ethyl adjacent to an activating group) is 1. The average molecular weight is 175 g/mol. The van der Waals surface area contributed by atoms with E-state index in [2.05, 4.69) is 4.90 Å². The Hall–Kier alpha value is -0.160. The second-order valence-corrected chi connectivity index (χ2v) is 3.10. The maximum absolute atomic E-state index is 5.43. The van der Waals surface area contributed by atoms with Crippen molar-refractivity contribution in [3.63, 3.8) is 0 Å². The Morgan fingerprint density at radius 1 is 1.50 bits per heavy atom. The Labute approximate surface area is 73.4 Å². The summed E-state index contributed by atoms with van der Waals surface area (Å²) >= 11 is 0. The van der Waals surface area contributed by atoms with Crippen molar-refractivity contribution >= 4 is 0 Å². The van der Waals surface area contributed by atoms with Crippen molar-refractivity contribution in [3.05, 3.63) is 0 Å². The van der Waals surface area contributed by atoms with Gasteiger partial charge in [0, 0.05) is 13.2 Å². The molecule has 1 saturated heterocycles. The Morgan fingerprint density at radius 3 is 2.83 bits per heavy atom. The second-order valence-electron chi connectivity index (χ2n) is 3.10. The standard InChI is InChI=1S/C8H17NO3/c1-4-10-8-11-6-7(12-8)5-9(2)3/h7-8H,4-6H2,1-3H3. The van der Waals surface area contributed by atoms with Crippen LogP contribution in [0.1, 0.15) is 6.92 Å². The first-order chi connectivity index (χ1) is 5.72. The van der Waals surface area contributed by atoms with Crippen LogP contribution in [-0.4, -0.2) is 51.3 Å². The van der Waals surface area contributed by atoms with Crippen LogP contribution in [-0.2, 0) is 14.2 Å². The number of ether oxygens (including phenoxy) is 3. The minimum atomic E-state index is -0.444. The molecule has 0 N–H and O–H groups in total. The minimum Gasteiger partial charge on any atom is -0.330 e. The van der Waals surface area contributed by atoms with Crippen LogP contribution in [0.3, 0.4) is 0 Å². The lowest BCUT2D eigenvalue weighted by molar-refractivity contribution is -0.235. The zero-order chi connectivity index (χ0) is 8.97. The predicted molar refractivity (Wildman–Crippen MR) is 44.8 cm³/mol. The van der Waals surface area contributed by atoms with Gasteiger partial charge in [0.15, 0.2) is 0 Å². The van der Waals surface area contributed by atoms with Crippen molar-refractivity contribution in [1.29, 1.82) is 0 Å². The largest absolute Gasteiger partial charge is 0.330 e. The van der Waals surface area contributed by atoms with E-state index >= 15 is 0 Å². The molecular formula is C8H17NO3. The van der Waals surface area contributed by atoms with Crippen molar-refractivity contribution in [2.24, 2.45) is 0 Å². The van der Waals surface area contributed by atoms with E-state index in [9.17, 15) is 0 Å². The van der Waals surface area contributed by atoms with Gasteiger partial charge in [-0.2, -0.15) is 0 Å².